The largest absolute Gasteiger partial charge is 0.466 e. The molecule has 0 atom stereocenters. The van der Waals surface area contributed by atoms with Crippen molar-refractivity contribution in [1.29, 1.82) is 0 Å². The van der Waals surface area contributed by atoms with Gasteiger partial charge in [-0.15, -0.1) is 0 Å². The molecule has 0 aromatic carbocycles. The van der Waals surface area contributed by atoms with E-state index in [2.05, 4.69) is 15.3 Å². The number of carbonyl (C=O) groups is 1. The minimum Gasteiger partial charge on any atom is -0.466 e. The van der Waals surface area contributed by atoms with Gasteiger partial charge in [-0.25, -0.2) is 0 Å². The molecule has 0 bridgehead atoms. The van der Waals surface area contributed by atoms with Gasteiger partial charge in [0.2, 0.25) is 0 Å². The Hall–Kier alpha value is -2.11. The molecule has 0 saturated carbocycles. The van der Waals surface area contributed by atoms with Gasteiger partial charge in [0, 0.05) is 18.0 Å². The summed E-state index contributed by atoms with van der Waals surface area (Å²) < 4.78 is 6.56. The highest BCUT2D eigenvalue weighted by Crippen LogP contribution is 2.14. The number of nitrogens with one attached hydrogen (secondary N) is 1. The molecule has 2 heterocycles. The van der Waals surface area contributed by atoms with Crippen LogP contribution in [0.15, 0.2) is 24.7 Å². The topological polar surface area (TPSA) is 72.8 Å². The summed E-state index contributed by atoms with van der Waals surface area (Å²) in [5.41, 5.74) is 1.86. The van der Waals surface area contributed by atoms with E-state index < -0.39 is 0 Å². The highest BCUT2D eigenvalue weighted by molar-refractivity contribution is 5.69. The lowest BCUT2D eigenvalue weighted by atomic mass is 10.3. The van der Waals surface area contributed by atoms with Crippen LogP contribution in [0.3, 0.4) is 0 Å². The third-order valence-corrected chi connectivity index (χ3v) is 2.30. The molecule has 0 aliphatic heterocycles. The van der Waals surface area contributed by atoms with E-state index in [1.807, 2.05) is 12.3 Å². The number of aromatic amines is 1. The van der Waals surface area contributed by atoms with E-state index >= 15 is 0 Å². The molecule has 6 nitrogen and oxygen atoms in total. The van der Waals surface area contributed by atoms with Gasteiger partial charge >= 0.3 is 5.97 Å². The Morgan fingerprint density at radius 3 is 3.18 bits per heavy atom. The molecule has 90 valence electrons. The van der Waals surface area contributed by atoms with Crippen LogP contribution in [0.2, 0.25) is 0 Å². The van der Waals surface area contributed by atoms with Gasteiger partial charge in [0.25, 0.3) is 0 Å². The number of hydrogen-bond donors (Lipinski definition) is 1. The zero-order valence-corrected chi connectivity index (χ0v) is 9.59. The summed E-state index contributed by atoms with van der Waals surface area (Å²) >= 11 is 0. The lowest BCUT2D eigenvalue weighted by Gasteiger charge is -2.01. The van der Waals surface area contributed by atoms with Crippen molar-refractivity contribution in [3.8, 4) is 11.3 Å². The Balaban J connectivity index is 1.93. The number of hydrogen-bond acceptors (Lipinski definition) is 4. The van der Waals surface area contributed by atoms with E-state index in [0.717, 1.165) is 11.3 Å². The Bertz CT molecular complexity index is 475. The number of ether oxygens (including phenoxy) is 1. The summed E-state index contributed by atoms with van der Waals surface area (Å²) in [6.07, 6.45) is 5.62. The van der Waals surface area contributed by atoms with E-state index in [0.29, 0.717) is 19.6 Å². The number of nitrogens with zero attached hydrogens (tertiary/aromatic N) is 3. The molecule has 0 amide bonds. The molecular formula is C11H14N4O2. The molecule has 2 rings (SSSR count). The first kappa shape index (κ1) is 11.4. The third kappa shape index (κ3) is 2.93. The zero-order chi connectivity index (χ0) is 12.1. The van der Waals surface area contributed by atoms with Gasteiger partial charge in [-0.1, -0.05) is 0 Å². The lowest BCUT2D eigenvalue weighted by Crippen LogP contribution is -2.09. The van der Waals surface area contributed by atoms with Crippen molar-refractivity contribution in [2.24, 2.45) is 0 Å². The molecular weight excluding hydrogens is 220 g/mol. The molecule has 0 aliphatic carbocycles. The lowest BCUT2D eigenvalue weighted by molar-refractivity contribution is -0.143. The summed E-state index contributed by atoms with van der Waals surface area (Å²) in [5.74, 6) is -0.203. The van der Waals surface area contributed by atoms with Crippen LogP contribution < -0.4 is 0 Å². The molecule has 0 fully saturated rings. The Labute approximate surface area is 98.6 Å². The van der Waals surface area contributed by atoms with Gasteiger partial charge in [0.1, 0.15) is 0 Å². The van der Waals surface area contributed by atoms with Crippen LogP contribution in [0.5, 0.6) is 0 Å². The predicted octanol–water partition coefficient (Wildman–Crippen LogP) is 1.23. The standard InChI is InChI=1S/C11H14N4O2/c1-2-17-11(16)4-6-15-8-9(7-13-15)10-3-5-12-14-10/h3,5,7-8H,2,4,6H2,1H3,(H,12,14). The second-order valence-electron chi connectivity index (χ2n) is 3.52. The summed E-state index contributed by atoms with van der Waals surface area (Å²) in [4.78, 5) is 11.2. The van der Waals surface area contributed by atoms with Gasteiger partial charge < -0.3 is 4.74 Å². The van der Waals surface area contributed by atoms with Crippen LogP contribution in [0.1, 0.15) is 13.3 Å². The van der Waals surface area contributed by atoms with E-state index in [4.69, 9.17) is 4.74 Å². The fourth-order valence-corrected chi connectivity index (χ4v) is 1.48. The Morgan fingerprint density at radius 1 is 1.59 bits per heavy atom. The molecule has 0 radical (unpaired) electrons. The number of rotatable bonds is 5. The van der Waals surface area contributed by atoms with Crippen LogP contribution >= 0.6 is 0 Å². The maximum atomic E-state index is 11.2. The quantitative estimate of drug-likeness (QED) is 0.789. The summed E-state index contributed by atoms with van der Waals surface area (Å²) in [6, 6.07) is 1.87. The Kier molecular flexibility index (Phi) is 3.54. The highest BCUT2D eigenvalue weighted by Gasteiger charge is 2.05. The number of aromatic nitrogens is 4. The fourth-order valence-electron chi connectivity index (χ4n) is 1.48. The molecule has 2 aromatic heterocycles. The number of esters is 1. The van der Waals surface area contributed by atoms with Crippen LogP contribution in [-0.4, -0.2) is 32.6 Å². The molecule has 0 saturated heterocycles. The van der Waals surface area contributed by atoms with Crippen LogP contribution in [0, 0.1) is 0 Å². The van der Waals surface area contributed by atoms with Crippen molar-refractivity contribution < 1.29 is 9.53 Å². The minimum atomic E-state index is -0.203. The molecule has 1 N–H and O–H groups in total. The number of H-pyrrole nitrogens is 1. The van der Waals surface area contributed by atoms with E-state index in [1.165, 1.54) is 0 Å². The fraction of sp³-hybridized carbons (Fsp3) is 0.364. The smallest absolute Gasteiger partial charge is 0.307 e. The molecule has 0 spiro atoms. The van der Waals surface area contributed by atoms with Crippen molar-refractivity contribution >= 4 is 5.97 Å². The van der Waals surface area contributed by atoms with Crippen molar-refractivity contribution in [2.75, 3.05) is 6.61 Å². The highest BCUT2D eigenvalue weighted by atomic mass is 16.5. The average molecular weight is 234 g/mol. The van der Waals surface area contributed by atoms with Gasteiger partial charge in [0.15, 0.2) is 0 Å². The zero-order valence-electron chi connectivity index (χ0n) is 9.59. The van der Waals surface area contributed by atoms with Gasteiger partial charge in [-0.2, -0.15) is 10.2 Å². The first-order valence-corrected chi connectivity index (χ1v) is 5.47. The normalized spacial score (nSPS) is 10.4. The minimum absolute atomic E-state index is 0.203. The van der Waals surface area contributed by atoms with E-state index in [-0.39, 0.29) is 5.97 Å². The molecule has 2 aromatic rings. The van der Waals surface area contributed by atoms with E-state index in [9.17, 15) is 4.79 Å². The Morgan fingerprint density at radius 2 is 2.47 bits per heavy atom. The van der Waals surface area contributed by atoms with Crippen molar-refractivity contribution in [1.82, 2.24) is 20.0 Å². The second-order valence-corrected chi connectivity index (χ2v) is 3.52. The van der Waals surface area contributed by atoms with Gasteiger partial charge in [-0.05, 0) is 13.0 Å². The summed E-state index contributed by atoms with van der Waals surface area (Å²) in [6.45, 7) is 2.73. The summed E-state index contributed by atoms with van der Waals surface area (Å²) in [7, 11) is 0. The molecule has 0 unspecified atom stereocenters. The van der Waals surface area contributed by atoms with Crippen LogP contribution in [-0.2, 0) is 16.1 Å². The first-order valence-electron chi connectivity index (χ1n) is 5.47. The van der Waals surface area contributed by atoms with Crippen molar-refractivity contribution in [3.05, 3.63) is 24.7 Å². The van der Waals surface area contributed by atoms with Gasteiger partial charge in [0.05, 0.1) is 31.5 Å². The monoisotopic (exact) mass is 234 g/mol. The molecule has 17 heavy (non-hydrogen) atoms. The maximum Gasteiger partial charge on any atom is 0.307 e. The van der Waals surface area contributed by atoms with Crippen LogP contribution in [0.4, 0.5) is 0 Å². The van der Waals surface area contributed by atoms with E-state index in [1.54, 1.807) is 24.0 Å². The SMILES string of the molecule is CCOC(=O)CCn1cc(-c2ccn[nH]2)cn1. The summed E-state index contributed by atoms with van der Waals surface area (Å²) in [5, 5.41) is 10.9. The number of aryl methyl sites for hydroxylation is 1. The third-order valence-electron chi connectivity index (χ3n) is 2.30. The molecule has 0 aliphatic rings. The number of carbonyl (C=O) groups excluding carboxylic acids is 1. The maximum absolute atomic E-state index is 11.2. The average Bonchev–Trinajstić information content (AvgIpc) is 2.97. The molecule has 6 heteroatoms. The van der Waals surface area contributed by atoms with Crippen LogP contribution in [0.25, 0.3) is 11.3 Å². The van der Waals surface area contributed by atoms with Gasteiger partial charge in [-0.3, -0.25) is 14.6 Å². The predicted molar refractivity (Wildman–Crippen MR) is 61.1 cm³/mol. The first-order chi connectivity index (χ1) is 8.29. The van der Waals surface area contributed by atoms with Crippen molar-refractivity contribution in [2.45, 2.75) is 19.9 Å². The second kappa shape index (κ2) is 5.29. The van der Waals surface area contributed by atoms with Crippen molar-refractivity contribution in [3.63, 3.8) is 0 Å².